The smallest absolute Gasteiger partial charge is 0.308 e. The zero-order valence-electron chi connectivity index (χ0n) is 6.20. The van der Waals surface area contributed by atoms with Crippen molar-refractivity contribution in [2.75, 3.05) is 0 Å². The Morgan fingerprint density at radius 1 is 1.27 bits per heavy atom. The minimum Gasteiger partial charge on any atom is -0.427 e. The highest BCUT2D eigenvalue weighted by atomic mass is 32.1. The van der Waals surface area contributed by atoms with E-state index in [-0.39, 0.29) is 19.5 Å². The average Bonchev–Trinajstić information content (AvgIpc) is 1.88. The van der Waals surface area contributed by atoms with E-state index < -0.39 is 0 Å². The number of para-hydroxylation sites is 1. The zero-order chi connectivity index (χ0) is 7.40. The lowest BCUT2D eigenvalue weighted by atomic mass is 10.3. The summed E-state index contributed by atoms with van der Waals surface area (Å²) in [6.45, 7) is 1.38. The highest BCUT2D eigenvalue weighted by Crippen LogP contribution is 2.07. The van der Waals surface area contributed by atoms with Crippen molar-refractivity contribution in [3.8, 4) is 5.75 Å². The molecule has 0 aliphatic carbocycles. The Balaban J connectivity index is 0.000001000. The second kappa shape index (κ2) is 4.79. The Labute approximate surface area is 72.6 Å². The SMILES string of the molecule is CC(=O)Oc1ccccc1.S. The minimum atomic E-state index is -0.286. The van der Waals surface area contributed by atoms with E-state index >= 15 is 0 Å². The topological polar surface area (TPSA) is 26.3 Å². The molecular weight excluding hydrogens is 160 g/mol. The van der Waals surface area contributed by atoms with Crippen molar-refractivity contribution in [1.29, 1.82) is 0 Å². The highest BCUT2D eigenvalue weighted by Gasteiger charge is 1.92. The summed E-state index contributed by atoms with van der Waals surface area (Å²) in [5.41, 5.74) is 0. The van der Waals surface area contributed by atoms with Crippen LogP contribution in [0.15, 0.2) is 30.3 Å². The molecule has 0 N–H and O–H groups in total. The molecule has 0 bridgehead atoms. The molecule has 1 rings (SSSR count). The van der Waals surface area contributed by atoms with Crippen molar-refractivity contribution in [1.82, 2.24) is 0 Å². The molecule has 11 heavy (non-hydrogen) atoms. The molecule has 0 heterocycles. The first-order valence-electron chi connectivity index (χ1n) is 3.02. The van der Waals surface area contributed by atoms with E-state index in [1.54, 1.807) is 12.1 Å². The van der Waals surface area contributed by atoms with Crippen LogP contribution in [0, 0.1) is 0 Å². The first kappa shape index (κ1) is 10.0. The van der Waals surface area contributed by atoms with Gasteiger partial charge in [-0.05, 0) is 12.1 Å². The average molecular weight is 170 g/mol. The molecule has 0 saturated carbocycles. The molecule has 0 aromatic heterocycles. The van der Waals surface area contributed by atoms with Crippen LogP contribution in [-0.4, -0.2) is 5.97 Å². The maximum atomic E-state index is 10.4. The van der Waals surface area contributed by atoms with Gasteiger partial charge >= 0.3 is 5.97 Å². The number of ether oxygens (including phenoxy) is 1. The van der Waals surface area contributed by atoms with Crippen molar-refractivity contribution in [3.05, 3.63) is 30.3 Å². The third-order valence-electron chi connectivity index (χ3n) is 1.00. The Morgan fingerprint density at radius 2 is 1.82 bits per heavy atom. The van der Waals surface area contributed by atoms with Crippen LogP contribution in [0.5, 0.6) is 5.75 Å². The minimum absolute atomic E-state index is 0. The van der Waals surface area contributed by atoms with Crippen LogP contribution in [0.2, 0.25) is 0 Å². The Kier molecular flexibility index (Phi) is 4.38. The van der Waals surface area contributed by atoms with Crippen LogP contribution in [0.1, 0.15) is 6.92 Å². The quantitative estimate of drug-likeness (QED) is 0.474. The van der Waals surface area contributed by atoms with Gasteiger partial charge in [-0.15, -0.1) is 0 Å². The van der Waals surface area contributed by atoms with Crippen LogP contribution >= 0.6 is 13.5 Å². The lowest BCUT2D eigenvalue weighted by molar-refractivity contribution is -0.131. The summed E-state index contributed by atoms with van der Waals surface area (Å²) >= 11 is 0. The molecule has 0 fully saturated rings. The van der Waals surface area contributed by atoms with E-state index in [0.717, 1.165) is 0 Å². The van der Waals surface area contributed by atoms with E-state index in [1.807, 2.05) is 18.2 Å². The number of carbonyl (C=O) groups excluding carboxylic acids is 1. The second-order valence-electron chi connectivity index (χ2n) is 1.91. The van der Waals surface area contributed by atoms with Gasteiger partial charge in [0.1, 0.15) is 5.75 Å². The number of rotatable bonds is 1. The predicted octanol–water partition coefficient (Wildman–Crippen LogP) is 1.72. The summed E-state index contributed by atoms with van der Waals surface area (Å²) in [5, 5.41) is 0. The van der Waals surface area contributed by atoms with Crippen molar-refractivity contribution in [2.45, 2.75) is 6.92 Å². The molecule has 60 valence electrons. The van der Waals surface area contributed by atoms with Gasteiger partial charge in [0, 0.05) is 6.92 Å². The zero-order valence-corrected chi connectivity index (χ0v) is 7.20. The molecule has 0 amide bonds. The third-order valence-corrected chi connectivity index (χ3v) is 1.00. The fourth-order valence-corrected chi connectivity index (χ4v) is 0.655. The van der Waals surface area contributed by atoms with Crippen LogP contribution in [0.3, 0.4) is 0 Å². The van der Waals surface area contributed by atoms with Crippen LogP contribution in [0.4, 0.5) is 0 Å². The normalized spacial score (nSPS) is 8.09. The molecule has 0 aliphatic rings. The van der Waals surface area contributed by atoms with E-state index in [4.69, 9.17) is 4.74 Å². The first-order chi connectivity index (χ1) is 4.79. The van der Waals surface area contributed by atoms with Crippen molar-refractivity contribution < 1.29 is 9.53 Å². The number of hydrogen-bond donors (Lipinski definition) is 0. The molecule has 1 aromatic carbocycles. The molecule has 1 aromatic rings. The van der Waals surface area contributed by atoms with E-state index in [1.165, 1.54) is 6.92 Å². The fraction of sp³-hybridized carbons (Fsp3) is 0.125. The molecule has 0 saturated heterocycles. The largest absolute Gasteiger partial charge is 0.427 e. The number of benzene rings is 1. The number of hydrogen-bond acceptors (Lipinski definition) is 2. The van der Waals surface area contributed by atoms with Gasteiger partial charge in [0.05, 0.1) is 0 Å². The summed E-state index contributed by atoms with van der Waals surface area (Å²) in [6.07, 6.45) is 0. The van der Waals surface area contributed by atoms with Gasteiger partial charge in [0.25, 0.3) is 0 Å². The predicted molar refractivity (Wildman–Crippen MR) is 48.1 cm³/mol. The summed E-state index contributed by atoms with van der Waals surface area (Å²) in [5.74, 6) is 0.307. The van der Waals surface area contributed by atoms with Gasteiger partial charge in [0.15, 0.2) is 0 Å². The molecule has 0 radical (unpaired) electrons. The van der Waals surface area contributed by atoms with E-state index in [0.29, 0.717) is 5.75 Å². The van der Waals surface area contributed by atoms with Crippen molar-refractivity contribution in [3.63, 3.8) is 0 Å². The molecule has 0 spiro atoms. The van der Waals surface area contributed by atoms with Gasteiger partial charge in [-0.1, -0.05) is 18.2 Å². The fourth-order valence-electron chi connectivity index (χ4n) is 0.655. The van der Waals surface area contributed by atoms with Gasteiger partial charge in [-0.25, -0.2) is 0 Å². The van der Waals surface area contributed by atoms with Gasteiger partial charge in [-0.2, -0.15) is 13.5 Å². The molecule has 0 unspecified atom stereocenters. The molecule has 2 nitrogen and oxygen atoms in total. The number of esters is 1. The van der Waals surface area contributed by atoms with E-state index in [9.17, 15) is 4.79 Å². The summed E-state index contributed by atoms with van der Waals surface area (Å²) in [6, 6.07) is 8.98. The molecule has 3 heteroatoms. The first-order valence-corrected chi connectivity index (χ1v) is 3.02. The lowest BCUT2D eigenvalue weighted by Gasteiger charge is -1.97. The van der Waals surface area contributed by atoms with Crippen molar-refractivity contribution in [2.24, 2.45) is 0 Å². The second-order valence-corrected chi connectivity index (χ2v) is 1.91. The Hall–Kier alpha value is -0.960. The summed E-state index contributed by atoms with van der Waals surface area (Å²) in [7, 11) is 0. The maximum absolute atomic E-state index is 10.4. The van der Waals surface area contributed by atoms with Gasteiger partial charge in [-0.3, -0.25) is 4.79 Å². The monoisotopic (exact) mass is 170 g/mol. The Bertz CT molecular complexity index is 221. The van der Waals surface area contributed by atoms with Gasteiger partial charge < -0.3 is 4.74 Å². The number of carbonyl (C=O) groups is 1. The summed E-state index contributed by atoms with van der Waals surface area (Å²) in [4.78, 5) is 10.4. The van der Waals surface area contributed by atoms with Crippen LogP contribution in [0.25, 0.3) is 0 Å². The van der Waals surface area contributed by atoms with Crippen LogP contribution < -0.4 is 4.74 Å². The van der Waals surface area contributed by atoms with Crippen molar-refractivity contribution >= 4 is 19.5 Å². The van der Waals surface area contributed by atoms with E-state index in [2.05, 4.69) is 0 Å². The maximum Gasteiger partial charge on any atom is 0.308 e. The van der Waals surface area contributed by atoms with Gasteiger partial charge in [0.2, 0.25) is 0 Å². The van der Waals surface area contributed by atoms with Crippen LogP contribution in [-0.2, 0) is 4.79 Å². The lowest BCUT2D eigenvalue weighted by Crippen LogP contribution is -2.00. The molecule has 0 atom stereocenters. The highest BCUT2D eigenvalue weighted by molar-refractivity contribution is 7.59. The molecular formula is C8H10O2S. The third kappa shape index (κ3) is 3.68. The Morgan fingerprint density at radius 3 is 2.27 bits per heavy atom. The standard InChI is InChI=1S/C8H8O2.H2S/c1-7(9)10-8-5-3-2-4-6-8;/h2-6H,1H3;1H2. The summed E-state index contributed by atoms with van der Waals surface area (Å²) < 4.78 is 4.78. The molecule has 0 aliphatic heterocycles.